The highest BCUT2D eigenvalue weighted by atomic mass is 19.1. The van der Waals surface area contributed by atoms with Crippen molar-refractivity contribution in [3.05, 3.63) is 35.6 Å². The fraction of sp³-hybridized carbons (Fsp3) is 0.500. The highest BCUT2D eigenvalue weighted by molar-refractivity contribution is 5.85. The van der Waals surface area contributed by atoms with E-state index in [1.807, 2.05) is 20.8 Å². The second kappa shape index (κ2) is 6.50. The number of benzene rings is 1. The molecular formula is C14H21FN2O. The molecule has 1 aromatic rings. The summed E-state index contributed by atoms with van der Waals surface area (Å²) in [5.74, 6) is -0.262. The molecule has 4 heteroatoms. The van der Waals surface area contributed by atoms with E-state index in [0.717, 1.165) is 12.1 Å². The second-order valence-electron chi connectivity index (χ2n) is 4.79. The number of nitrogens with one attached hydrogen (secondary N) is 2. The summed E-state index contributed by atoms with van der Waals surface area (Å²) in [5, 5.41) is 5.99. The van der Waals surface area contributed by atoms with E-state index in [4.69, 9.17) is 0 Å². The van der Waals surface area contributed by atoms with Crippen molar-refractivity contribution in [3.63, 3.8) is 0 Å². The zero-order valence-electron chi connectivity index (χ0n) is 11.2. The van der Waals surface area contributed by atoms with E-state index in [0.29, 0.717) is 13.0 Å². The Hall–Kier alpha value is -1.42. The first-order valence-corrected chi connectivity index (χ1v) is 6.23. The molecule has 0 bridgehead atoms. The fourth-order valence-electron chi connectivity index (χ4n) is 1.71. The predicted octanol–water partition coefficient (Wildman–Crippen LogP) is 1.87. The third kappa shape index (κ3) is 4.45. The lowest BCUT2D eigenvalue weighted by Crippen LogP contribution is -2.52. The molecule has 1 amide bonds. The maximum absolute atomic E-state index is 12.7. The standard InChI is InChI=1S/C14H21FN2O/c1-4-17-14(2,3)13(18)16-10-9-11-5-7-12(15)8-6-11/h5-8,17H,4,9-10H2,1-3H3,(H,16,18). The van der Waals surface area contributed by atoms with Gasteiger partial charge < -0.3 is 10.6 Å². The van der Waals surface area contributed by atoms with Crippen molar-refractivity contribution in [2.24, 2.45) is 0 Å². The molecular weight excluding hydrogens is 231 g/mol. The van der Waals surface area contributed by atoms with Gasteiger partial charge in [0.05, 0.1) is 5.54 Å². The first kappa shape index (κ1) is 14.6. The molecule has 1 rings (SSSR count). The highest BCUT2D eigenvalue weighted by Crippen LogP contribution is 2.04. The monoisotopic (exact) mass is 252 g/mol. The number of likely N-dealkylation sites (N-methyl/N-ethyl adjacent to an activating group) is 1. The van der Waals surface area contributed by atoms with E-state index in [-0.39, 0.29) is 11.7 Å². The molecule has 0 aliphatic heterocycles. The number of hydrogen-bond donors (Lipinski definition) is 2. The smallest absolute Gasteiger partial charge is 0.239 e. The first-order valence-electron chi connectivity index (χ1n) is 6.23. The van der Waals surface area contributed by atoms with Crippen LogP contribution in [0.4, 0.5) is 4.39 Å². The van der Waals surface area contributed by atoms with E-state index in [1.54, 1.807) is 12.1 Å². The molecule has 0 fully saturated rings. The van der Waals surface area contributed by atoms with Crippen LogP contribution in [0.25, 0.3) is 0 Å². The Labute approximate surface area is 108 Å². The highest BCUT2D eigenvalue weighted by Gasteiger charge is 2.25. The maximum Gasteiger partial charge on any atom is 0.239 e. The van der Waals surface area contributed by atoms with Crippen molar-refractivity contribution in [2.45, 2.75) is 32.7 Å². The van der Waals surface area contributed by atoms with E-state index in [1.165, 1.54) is 12.1 Å². The van der Waals surface area contributed by atoms with Gasteiger partial charge in [-0.25, -0.2) is 4.39 Å². The Bertz CT molecular complexity index is 387. The fourth-order valence-corrected chi connectivity index (χ4v) is 1.71. The summed E-state index contributed by atoms with van der Waals surface area (Å²) >= 11 is 0. The normalized spacial score (nSPS) is 11.3. The van der Waals surface area contributed by atoms with Crippen LogP contribution in [0.1, 0.15) is 26.3 Å². The van der Waals surface area contributed by atoms with Crippen molar-refractivity contribution in [3.8, 4) is 0 Å². The van der Waals surface area contributed by atoms with E-state index in [2.05, 4.69) is 10.6 Å². The quantitative estimate of drug-likeness (QED) is 0.811. The Morgan fingerprint density at radius 2 is 1.89 bits per heavy atom. The van der Waals surface area contributed by atoms with Crippen molar-refractivity contribution in [1.29, 1.82) is 0 Å². The SMILES string of the molecule is CCNC(C)(C)C(=O)NCCc1ccc(F)cc1. The number of hydrogen-bond acceptors (Lipinski definition) is 2. The van der Waals surface area contributed by atoms with Crippen LogP contribution >= 0.6 is 0 Å². The van der Waals surface area contributed by atoms with Gasteiger partial charge >= 0.3 is 0 Å². The van der Waals surface area contributed by atoms with Gasteiger partial charge in [0.25, 0.3) is 0 Å². The predicted molar refractivity (Wildman–Crippen MR) is 70.9 cm³/mol. The number of amides is 1. The van der Waals surface area contributed by atoms with Crippen molar-refractivity contribution in [2.75, 3.05) is 13.1 Å². The molecule has 3 nitrogen and oxygen atoms in total. The largest absolute Gasteiger partial charge is 0.354 e. The minimum atomic E-state index is -0.558. The van der Waals surface area contributed by atoms with E-state index in [9.17, 15) is 9.18 Å². The van der Waals surface area contributed by atoms with Crippen molar-refractivity contribution < 1.29 is 9.18 Å². The number of halogens is 1. The van der Waals surface area contributed by atoms with Crippen LogP contribution in [0.2, 0.25) is 0 Å². The molecule has 0 unspecified atom stereocenters. The minimum Gasteiger partial charge on any atom is -0.354 e. The van der Waals surface area contributed by atoms with Crippen molar-refractivity contribution >= 4 is 5.91 Å². The van der Waals surface area contributed by atoms with Crippen LogP contribution in [0.15, 0.2) is 24.3 Å². The van der Waals surface area contributed by atoms with Gasteiger partial charge in [-0.05, 0) is 44.5 Å². The van der Waals surface area contributed by atoms with Gasteiger partial charge in [0.15, 0.2) is 0 Å². The first-order chi connectivity index (χ1) is 8.45. The molecule has 0 atom stereocenters. The van der Waals surface area contributed by atoms with Gasteiger partial charge in [0.1, 0.15) is 5.82 Å². The Balaban J connectivity index is 2.37. The third-order valence-electron chi connectivity index (χ3n) is 2.80. The van der Waals surface area contributed by atoms with Crippen LogP contribution in [-0.4, -0.2) is 24.5 Å². The summed E-state index contributed by atoms with van der Waals surface area (Å²) in [6.45, 7) is 6.97. The van der Waals surface area contributed by atoms with E-state index >= 15 is 0 Å². The molecule has 100 valence electrons. The Kier molecular flexibility index (Phi) is 5.28. The molecule has 0 aliphatic rings. The van der Waals surface area contributed by atoms with Crippen LogP contribution in [0, 0.1) is 5.82 Å². The second-order valence-corrected chi connectivity index (χ2v) is 4.79. The van der Waals surface area contributed by atoms with Gasteiger partial charge in [-0.15, -0.1) is 0 Å². The molecule has 0 spiro atoms. The van der Waals surface area contributed by atoms with Crippen LogP contribution in [-0.2, 0) is 11.2 Å². The van der Waals surface area contributed by atoms with Crippen molar-refractivity contribution in [1.82, 2.24) is 10.6 Å². The molecule has 0 radical (unpaired) electrons. The minimum absolute atomic E-state index is 0.0218. The number of rotatable bonds is 6. The molecule has 0 aromatic heterocycles. The van der Waals surface area contributed by atoms with Gasteiger partial charge in [-0.2, -0.15) is 0 Å². The topological polar surface area (TPSA) is 41.1 Å². The Morgan fingerprint density at radius 1 is 1.28 bits per heavy atom. The van der Waals surface area contributed by atoms with E-state index < -0.39 is 5.54 Å². The zero-order valence-corrected chi connectivity index (χ0v) is 11.2. The van der Waals surface area contributed by atoms with Gasteiger partial charge in [-0.3, -0.25) is 4.79 Å². The lowest BCUT2D eigenvalue weighted by Gasteiger charge is -2.24. The third-order valence-corrected chi connectivity index (χ3v) is 2.80. The number of carbonyl (C=O) groups excluding carboxylic acids is 1. The summed E-state index contributed by atoms with van der Waals surface area (Å²) in [6.07, 6.45) is 0.703. The van der Waals surface area contributed by atoms with Gasteiger partial charge in [0, 0.05) is 6.54 Å². The molecule has 2 N–H and O–H groups in total. The average molecular weight is 252 g/mol. The lowest BCUT2D eigenvalue weighted by molar-refractivity contribution is -0.126. The molecule has 1 aromatic carbocycles. The van der Waals surface area contributed by atoms with Gasteiger partial charge in [-0.1, -0.05) is 19.1 Å². The summed E-state index contributed by atoms with van der Waals surface area (Å²) in [7, 11) is 0. The average Bonchev–Trinajstić information content (AvgIpc) is 2.31. The molecule has 0 aliphatic carbocycles. The van der Waals surface area contributed by atoms with Crippen LogP contribution < -0.4 is 10.6 Å². The summed E-state index contributed by atoms with van der Waals surface area (Å²) in [6, 6.07) is 6.33. The molecule has 0 saturated heterocycles. The van der Waals surface area contributed by atoms with Crippen LogP contribution in [0.3, 0.4) is 0 Å². The zero-order chi connectivity index (χ0) is 13.6. The van der Waals surface area contributed by atoms with Crippen LogP contribution in [0.5, 0.6) is 0 Å². The maximum atomic E-state index is 12.7. The molecule has 0 saturated carbocycles. The molecule has 0 heterocycles. The lowest BCUT2D eigenvalue weighted by atomic mass is 10.0. The summed E-state index contributed by atoms with van der Waals surface area (Å²) < 4.78 is 12.7. The Morgan fingerprint density at radius 3 is 2.44 bits per heavy atom. The molecule has 18 heavy (non-hydrogen) atoms. The van der Waals surface area contributed by atoms with Gasteiger partial charge in [0.2, 0.25) is 5.91 Å². The summed E-state index contributed by atoms with van der Waals surface area (Å²) in [4.78, 5) is 11.9. The number of carbonyl (C=O) groups is 1. The summed E-state index contributed by atoms with van der Waals surface area (Å²) in [5.41, 5.74) is 0.454.